The molecule has 0 radical (unpaired) electrons. The Morgan fingerprint density at radius 1 is 0.683 bits per heavy atom. The van der Waals surface area contributed by atoms with E-state index < -0.39 is 138 Å². The van der Waals surface area contributed by atoms with Gasteiger partial charge in [0.2, 0.25) is 0 Å². The highest BCUT2D eigenvalue weighted by molar-refractivity contribution is 5.80. The normalized spacial score (nSPS) is 55.0. The molecule has 8 rings (SSSR count). The van der Waals surface area contributed by atoms with Gasteiger partial charge in [-0.1, -0.05) is 25.5 Å². The zero-order valence-electron chi connectivity index (χ0n) is 38.1. The maximum absolute atomic E-state index is 12.7. The van der Waals surface area contributed by atoms with E-state index in [0.29, 0.717) is 38.5 Å². The van der Waals surface area contributed by atoms with Crippen molar-refractivity contribution in [1.29, 1.82) is 0 Å². The summed E-state index contributed by atoms with van der Waals surface area (Å²) in [7, 11) is 1.52. The van der Waals surface area contributed by atoms with Gasteiger partial charge in [0.1, 0.15) is 41.4 Å². The number of carbonyl (C=O) groups is 1. The summed E-state index contributed by atoms with van der Waals surface area (Å²) in [5.74, 6) is -0.991. The summed E-state index contributed by atoms with van der Waals surface area (Å²) < 4.78 is 54.8. The number of methoxy groups -OCH3 is 1. The summed E-state index contributed by atoms with van der Waals surface area (Å²) in [4.78, 5) is 12.7. The second kappa shape index (κ2) is 18.0. The fourth-order valence-electron chi connectivity index (χ4n) is 13.4. The minimum Gasteiger partial charge on any atom is -0.392 e. The first-order valence-corrected chi connectivity index (χ1v) is 23.4. The van der Waals surface area contributed by atoms with E-state index in [9.17, 15) is 40.5 Å². The number of aliphatic hydroxyl groups excluding tert-OH is 5. The van der Waals surface area contributed by atoms with Crippen LogP contribution in [0.4, 0.5) is 0 Å². The van der Waals surface area contributed by atoms with E-state index in [4.69, 9.17) is 42.6 Å². The van der Waals surface area contributed by atoms with Crippen LogP contribution >= 0.6 is 0 Å². The second-order valence-electron chi connectivity index (χ2n) is 20.7. The minimum atomic E-state index is -1.60. The van der Waals surface area contributed by atoms with Gasteiger partial charge in [-0.25, -0.2) is 0 Å². The van der Waals surface area contributed by atoms with E-state index in [0.717, 1.165) is 5.57 Å². The van der Waals surface area contributed by atoms with E-state index in [-0.39, 0.29) is 44.0 Å². The van der Waals surface area contributed by atoms with Crippen LogP contribution in [0.1, 0.15) is 119 Å². The third-order valence-corrected chi connectivity index (χ3v) is 17.1. The van der Waals surface area contributed by atoms with Gasteiger partial charge in [0.25, 0.3) is 0 Å². The number of Topliss-reactive ketones (excluding diaryl/α,β-unsaturated/α-hetero) is 1. The lowest BCUT2D eigenvalue weighted by atomic mass is 9.43. The molecule has 360 valence electrons. The predicted octanol–water partition coefficient (Wildman–Crippen LogP) is 1.89. The minimum absolute atomic E-state index is 0.0577. The molecule has 0 aromatic carbocycles. The van der Waals surface area contributed by atoms with Crippen LogP contribution in [0, 0.1) is 22.7 Å². The summed E-state index contributed by atoms with van der Waals surface area (Å²) in [6.45, 7) is 12.5. The summed E-state index contributed by atoms with van der Waals surface area (Å²) >= 11 is 0. The Hall–Kier alpha value is -1.23. The van der Waals surface area contributed by atoms with E-state index in [1.807, 2.05) is 6.08 Å². The van der Waals surface area contributed by atoms with Crippen molar-refractivity contribution in [2.75, 3.05) is 7.11 Å². The molecule has 17 heteroatoms. The Kier molecular flexibility index (Phi) is 13.8. The molecule has 24 atom stereocenters. The average molecular weight is 899 g/mol. The molecular formula is C46H74O17. The molecule has 0 spiro atoms. The van der Waals surface area contributed by atoms with Crippen molar-refractivity contribution in [1.82, 2.24) is 0 Å². The smallest absolute Gasteiger partial charge is 0.161 e. The van der Waals surface area contributed by atoms with Crippen LogP contribution in [0.15, 0.2) is 11.6 Å². The maximum Gasteiger partial charge on any atom is 0.161 e. The topological polar surface area (TPSA) is 242 Å². The Bertz CT molecular complexity index is 1630. The third kappa shape index (κ3) is 8.33. The quantitative estimate of drug-likeness (QED) is 0.155. The highest BCUT2D eigenvalue weighted by Gasteiger charge is 2.76. The van der Waals surface area contributed by atoms with Crippen molar-refractivity contribution in [3.05, 3.63) is 11.6 Å². The van der Waals surface area contributed by atoms with Gasteiger partial charge < -0.3 is 78.4 Å². The zero-order chi connectivity index (χ0) is 45.6. The largest absolute Gasteiger partial charge is 0.392 e. The Balaban J connectivity index is 0.813. The summed E-state index contributed by atoms with van der Waals surface area (Å²) in [5.41, 5.74) is -3.60. The van der Waals surface area contributed by atoms with Crippen molar-refractivity contribution < 1.29 is 83.2 Å². The first-order chi connectivity index (χ1) is 29.6. The van der Waals surface area contributed by atoms with Gasteiger partial charge in [-0.15, -0.1) is 0 Å². The molecule has 7 fully saturated rings. The lowest BCUT2D eigenvalue weighted by Crippen LogP contribution is -2.75. The molecule has 17 nitrogen and oxygen atoms in total. The lowest BCUT2D eigenvalue weighted by molar-refractivity contribution is -0.344. The van der Waals surface area contributed by atoms with Crippen molar-refractivity contribution >= 4 is 5.78 Å². The number of ketones is 1. The molecule has 0 aromatic heterocycles. The van der Waals surface area contributed by atoms with Gasteiger partial charge in [-0.2, -0.15) is 0 Å². The molecule has 0 amide bonds. The highest BCUT2D eigenvalue weighted by atomic mass is 16.8. The molecule has 4 saturated heterocycles. The van der Waals surface area contributed by atoms with Crippen LogP contribution in [-0.4, -0.2) is 170 Å². The first-order valence-electron chi connectivity index (χ1n) is 23.4. The number of rotatable bonds is 10. The second-order valence-corrected chi connectivity index (χ2v) is 20.7. The Morgan fingerprint density at radius 3 is 1.67 bits per heavy atom. The summed E-state index contributed by atoms with van der Waals surface area (Å²) in [6.07, 6.45) is -7.32. The molecule has 0 unspecified atom stereocenters. The molecule has 63 heavy (non-hydrogen) atoms. The summed E-state index contributed by atoms with van der Waals surface area (Å²) in [5, 5.41) is 80.5. The van der Waals surface area contributed by atoms with Gasteiger partial charge in [0.05, 0.1) is 61.0 Å². The van der Waals surface area contributed by atoms with Gasteiger partial charge in [-0.05, 0) is 85.0 Å². The molecule has 0 bridgehead atoms. The van der Waals surface area contributed by atoms with Crippen LogP contribution in [0.2, 0.25) is 0 Å². The molecule has 3 saturated carbocycles. The van der Waals surface area contributed by atoms with Crippen LogP contribution in [0.25, 0.3) is 0 Å². The Morgan fingerprint density at radius 2 is 1.17 bits per heavy atom. The van der Waals surface area contributed by atoms with Crippen molar-refractivity contribution in [2.24, 2.45) is 22.7 Å². The fourth-order valence-corrected chi connectivity index (χ4v) is 13.4. The number of carbonyl (C=O) groups excluding carboxylic acids is 1. The average Bonchev–Trinajstić information content (AvgIpc) is 3.51. The zero-order valence-corrected chi connectivity index (χ0v) is 38.1. The number of ether oxygens (including phenoxy) is 9. The van der Waals surface area contributed by atoms with E-state index >= 15 is 0 Å². The van der Waals surface area contributed by atoms with Gasteiger partial charge >= 0.3 is 0 Å². The number of fused-ring (bicyclic) bond motifs is 5. The van der Waals surface area contributed by atoms with Crippen molar-refractivity contribution in [2.45, 2.75) is 241 Å². The van der Waals surface area contributed by atoms with Crippen LogP contribution in [0.3, 0.4) is 0 Å². The van der Waals surface area contributed by atoms with Gasteiger partial charge in [0, 0.05) is 50.0 Å². The molecule has 4 aliphatic carbocycles. The highest BCUT2D eigenvalue weighted by Crippen LogP contribution is 2.69. The molecule has 8 aliphatic rings. The van der Waals surface area contributed by atoms with Crippen LogP contribution in [-0.2, 0) is 47.4 Å². The first kappa shape index (κ1) is 48.2. The van der Waals surface area contributed by atoms with Gasteiger partial charge in [0.15, 0.2) is 25.2 Å². The lowest BCUT2D eigenvalue weighted by Gasteiger charge is -2.66. The number of hydrogen-bond donors (Lipinski definition) is 7. The summed E-state index contributed by atoms with van der Waals surface area (Å²) in [6, 6.07) is 0. The predicted molar refractivity (Wildman–Crippen MR) is 220 cm³/mol. The molecule has 4 heterocycles. The standard InChI is InChI=1S/C46H74O17/c1-21(47)28-11-14-46(54)44(28,7)34(51)20-33-43(6)12-10-27(15-26(43)9-13-45(33,46)53)60-35-16-29(48)40(23(3)57-35)61-36-17-30(49)41(24(4)58-36)62-37-18-31(50)42(25(5)59-37)63-38-19-32(55-8)39(52)22(2)56-38/h9,22-25,27-42,48-54H,10-20H2,1-8H3/t22-,23+,24-,25-,27-,28+,29-,30+,31+,32-,33-,34-,35-,36-,37-,38-,39+,40+,41+,42-,43+,44+,45-,46+/m1/s1. The SMILES string of the molecule is CO[C@@H]1C[C@@H](O[C@H]2[C@@H](O)C[C@@H](O[C@@H]3[C@@H](O)C[C@@H](O[C@@H]4[C@H](O)C[C@@H](O[C@@H]5CC[C@@]6(C)C(=CC[C@@]7(O)[C@@H]6C[C@@H](O)[C@]6(C)[C@H](C(C)=O)CC[C@]67O)C5)O[C@H]4C)O[C@@H]3C)O[C@@H]2C)O[C@H](C)[C@@H]1O. The van der Waals surface area contributed by atoms with E-state index in [2.05, 4.69) is 6.92 Å². The Labute approximate surface area is 370 Å². The van der Waals surface area contributed by atoms with Crippen molar-refractivity contribution in [3.63, 3.8) is 0 Å². The molecule has 0 aromatic rings. The third-order valence-electron chi connectivity index (χ3n) is 17.1. The number of aliphatic hydroxyl groups is 7. The molecular weight excluding hydrogens is 824 g/mol. The van der Waals surface area contributed by atoms with E-state index in [1.54, 1.807) is 34.6 Å². The molecule has 7 N–H and O–H groups in total. The van der Waals surface area contributed by atoms with Crippen LogP contribution < -0.4 is 0 Å². The maximum atomic E-state index is 12.7. The van der Waals surface area contributed by atoms with Crippen LogP contribution in [0.5, 0.6) is 0 Å². The molecule has 4 aliphatic heterocycles. The fraction of sp³-hybridized carbons (Fsp3) is 0.935. The van der Waals surface area contributed by atoms with Crippen molar-refractivity contribution in [3.8, 4) is 0 Å². The monoisotopic (exact) mass is 898 g/mol. The van der Waals surface area contributed by atoms with E-state index in [1.165, 1.54) is 14.0 Å². The number of hydrogen-bond acceptors (Lipinski definition) is 17. The van der Waals surface area contributed by atoms with Gasteiger partial charge in [-0.3, -0.25) is 4.79 Å².